The van der Waals surface area contributed by atoms with Gasteiger partial charge >= 0.3 is 0 Å². The van der Waals surface area contributed by atoms with E-state index < -0.39 is 0 Å². The molecule has 0 aliphatic heterocycles. The van der Waals surface area contributed by atoms with E-state index in [0.717, 1.165) is 21.5 Å². The predicted octanol–water partition coefficient (Wildman–Crippen LogP) is 6.32. The van der Waals surface area contributed by atoms with Crippen LogP contribution in [0.1, 0.15) is 17.0 Å². The van der Waals surface area contributed by atoms with Gasteiger partial charge in [-0.25, -0.2) is 0 Å². The van der Waals surface area contributed by atoms with Crippen molar-refractivity contribution in [2.75, 3.05) is 5.88 Å². The molecule has 0 nitrogen and oxygen atoms in total. The van der Waals surface area contributed by atoms with E-state index in [1.165, 1.54) is 5.56 Å². The molecule has 0 aromatic heterocycles. The summed E-state index contributed by atoms with van der Waals surface area (Å²) in [5.74, 6) is 0.774. The Morgan fingerprint density at radius 2 is 1.68 bits per heavy atom. The molecule has 0 saturated heterocycles. The molecule has 0 aliphatic carbocycles. The Kier molecular flexibility index (Phi) is 5.58. The topological polar surface area (TPSA) is 0 Å². The van der Waals surface area contributed by atoms with Crippen LogP contribution in [0.2, 0.25) is 10.0 Å². The van der Waals surface area contributed by atoms with Gasteiger partial charge in [0.25, 0.3) is 0 Å². The second-order valence-corrected chi connectivity index (χ2v) is 6.41. The molecule has 100 valence electrons. The molecule has 0 radical (unpaired) electrons. The van der Waals surface area contributed by atoms with Crippen LogP contribution in [-0.4, -0.2) is 5.88 Å². The predicted molar refractivity (Wildman–Crippen MR) is 87.8 cm³/mol. The monoisotopic (exact) mass is 376 g/mol. The molecule has 2 rings (SSSR count). The van der Waals surface area contributed by atoms with Gasteiger partial charge in [-0.3, -0.25) is 0 Å². The summed E-state index contributed by atoms with van der Waals surface area (Å²) in [5, 5.41) is 1.43. The number of hydrogen-bond acceptors (Lipinski definition) is 0. The highest BCUT2D eigenvalue weighted by Gasteiger charge is 2.13. The molecule has 4 heteroatoms. The van der Waals surface area contributed by atoms with E-state index in [0.29, 0.717) is 10.9 Å². The molecule has 0 saturated carbocycles. The molecule has 0 bridgehead atoms. The molecule has 0 aliphatic rings. The fourth-order valence-electron chi connectivity index (χ4n) is 1.96. The van der Waals surface area contributed by atoms with Gasteiger partial charge < -0.3 is 0 Å². The van der Waals surface area contributed by atoms with Crippen molar-refractivity contribution in [2.24, 2.45) is 0 Å². The zero-order valence-corrected chi connectivity index (χ0v) is 13.9. The van der Waals surface area contributed by atoms with Crippen molar-refractivity contribution < 1.29 is 0 Å². The summed E-state index contributed by atoms with van der Waals surface area (Å²) < 4.78 is 1.06. The Bertz CT molecular complexity index is 552. The smallest absolute Gasteiger partial charge is 0.0439 e. The van der Waals surface area contributed by atoms with Crippen molar-refractivity contribution in [3.63, 3.8) is 0 Å². The average molecular weight is 379 g/mol. The fourth-order valence-corrected chi connectivity index (χ4v) is 2.90. The normalized spacial score (nSPS) is 12.4. The first-order chi connectivity index (χ1) is 9.10. The van der Waals surface area contributed by atoms with Crippen molar-refractivity contribution in [1.29, 1.82) is 0 Å². The average Bonchev–Trinajstić information content (AvgIpc) is 2.41. The lowest BCUT2D eigenvalue weighted by atomic mass is 9.93. The van der Waals surface area contributed by atoms with Crippen LogP contribution in [0.4, 0.5) is 0 Å². The van der Waals surface area contributed by atoms with E-state index in [9.17, 15) is 0 Å². The van der Waals surface area contributed by atoms with Gasteiger partial charge in [0, 0.05) is 26.3 Å². The fraction of sp³-hybridized carbons (Fsp3) is 0.200. The molecule has 1 atom stereocenters. The van der Waals surface area contributed by atoms with Crippen LogP contribution in [0, 0.1) is 0 Å². The molecular weight excluding hydrogens is 366 g/mol. The maximum atomic E-state index is 6.20. The van der Waals surface area contributed by atoms with Gasteiger partial charge in [-0.05, 0) is 47.9 Å². The molecule has 0 heterocycles. The van der Waals surface area contributed by atoms with Crippen LogP contribution in [0.25, 0.3) is 0 Å². The van der Waals surface area contributed by atoms with Gasteiger partial charge in [-0.1, -0.05) is 51.3 Å². The van der Waals surface area contributed by atoms with Crippen molar-refractivity contribution in [3.8, 4) is 0 Å². The van der Waals surface area contributed by atoms with Gasteiger partial charge in [-0.2, -0.15) is 0 Å². The summed E-state index contributed by atoms with van der Waals surface area (Å²) in [6.07, 6.45) is 0.782. The number of benzene rings is 2. The second-order valence-electron chi connectivity index (χ2n) is 4.34. The van der Waals surface area contributed by atoms with Gasteiger partial charge in [-0.15, -0.1) is 11.6 Å². The van der Waals surface area contributed by atoms with E-state index in [2.05, 4.69) is 28.1 Å². The zero-order chi connectivity index (χ0) is 13.8. The lowest BCUT2D eigenvalue weighted by Gasteiger charge is -2.15. The highest BCUT2D eigenvalue weighted by atomic mass is 79.9. The van der Waals surface area contributed by atoms with Crippen molar-refractivity contribution in [2.45, 2.75) is 12.3 Å². The van der Waals surface area contributed by atoms with Gasteiger partial charge in [0.1, 0.15) is 0 Å². The van der Waals surface area contributed by atoms with E-state index >= 15 is 0 Å². The van der Waals surface area contributed by atoms with Gasteiger partial charge in [0.2, 0.25) is 0 Å². The van der Waals surface area contributed by atoms with E-state index in [1.54, 1.807) is 6.07 Å². The Hall–Kier alpha value is -0.210. The molecule has 2 aromatic rings. The number of rotatable bonds is 4. The van der Waals surface area contributed by atoms with Gasteiger partial charge in [0.05, 0.1) is 0 Å². The highest BCUT2D eigenvalue weighted by molar-refractivity contribution is 9.10. The van der Waals surface area contributed by atoms with Crippen LogP contribution in [0.3, 0.4) is 0 Å². The minimum atomic E-state index is 0.228. The lowest BCUT2D eigenvalue weighted by molar-refractivity contribution is 0.766. The Morgan fingerprint density at radius 1 is 1.00 bits per heavy atom. The third-order valence-electron chi connectivity index (χ3n) is 3.00. The third-order valence-corrected chi connectivity index (χ3v) is 4.51. The minimum Gasteiger partial charge on any atom is -0.126 e. The van der Waals surface area contributed by atoms with Crippen LogP contribution < -0.4 is 0 Å². The highest BCUT2D eigenvalue weighted by Crippen LogP contribution is 2.29. The summed E-state index contributed by atoms with van der Waals surface area (Å²) >= 11 is 21.7. The van der Waals surface area contributed by atoms with E-state index in [4.69, 9.17) is 34.8 Å². The minimum absolute atomic E-state index is 0.228. The van der Waals surface area contributed by atoms with Gasteiger partial charge in [0.15, 0.2) is 0 Å². The summed E-state index contributed by atoms with van der Waals surface area (Å²) in [6.45, 7) is 0. The Morgan fingerprint density at radius 3 is 2.32 bits per heavy atom. The molecule has 19 heavy (non-hydrogen) atoms. The standard InChI is InChI=1S/C15H12BrCl3/c16-13-3-1-10(2-4-13)12(9-17)7-11-8-14(18)5-6-15(11)19/h1-6,8,12H,7,9H2. The van der Waals surface area contributed by atoms with Crippen LogP contribution >= 0.6 is 50.7 Å². The zero-order valence-electron chi connectivity index (χ0n) is 10.0. The second kappa shape index (κ2) is 6.99. The molecule has 0 spiro atoms. The first-order valence-corrected chi connectivity index (χ1v) is 7.94. The third kappa shape index (κ3) is 4.13. The number of hydrogen-bond donors (Lipinski definition) is 0. The van der Waals surface area contributed by atoms with Crippen molar-refractivity contribution >= 4 is 50.7 Å². The maximum Gasteiger partial charge on any atom is 0.0439 e. The van der Waals surface area contributed by atoms with E-state index in [-0.39, 0.29) is 5.92 Å². The quantitative estimate of drug-likeness (QED) is 0.546. The van der Waals surface area contributed by atoms with Crippen LogP contribution in [0.5, 0.6) is 0 Å². The van der Waals surface area contributed by atoms with Crippen LogP contribution in [-0.2, 0) is 6.42 Å². The lowest BCUT2D eigenvalue weighted by Crippen LogP contribution is -2.05. The van der Waals surface area contributed by atoms with Crippen molar-refractivity contribution in [1.82, 2.24) is 0 Å². The van der Waals surface area contributed by atoms with Crippen LogP contribution in [0.15, 0.2) is 46.9 Å². The Balaban J connectivity index is 2.23. The van der Waals surface area contributed by atoms with Crippen molar-refractivity contribution in [3.05, 3.63) is 68.1 Å². The molecule has 1 unspecified atom stereocenters. The summed E-state index contributed by atoms with van der Waals surface area (Å²) in [4.78, 5) is 0. The summed E-state index contributed by atoms with van der Waals surface area (Å²) in [7, 11) is 0. The summed E-state index contributed by atoms with van der Waals surface area (Å²) in [5.41, 5.74) is 2.23. The summed E-state index contributed by atoms with van der Waals surface area (Å²) in [6, 6.07) is 13.7. The number of alkyl halides is 1. The molecule has 0 amide bonds. The largest absolute Gasteiger partial charge is 0.126 e. The number of halogens is 4. The Labute approximate surface area is 136 Å². The maximum absolute atomic E-state index is 6.20. The van der Waals surface area contributed by atoms with E-state index in [1.807, 2.05) is 24.3 Å². The molecular formula is C15H12BrCl3. The molecule has 2 aromatic carbocycles. The first-order valence-electron chi connectivity index (χ1n) is 5.85. The SMILES string of the molecule is ClCC(Cc1cc(Cl)ccc1Cl)c1ccc(Br)cc1. The molecule has 0 N–H and O–H groups in total. The molecule has 0 fully saturated rings. The first kappa shape index (κ1) is 15.2.